The third kappa shape index (κ3) is 4.40. The topological polar surface area (TPSA) is 114 Å². The standard InChI is InChI=1S/C21H21N3O6/c1-3-29-20(27)22-14-9-10-17(23-21(28)30-4-2)13(11-14)12-24-18(25)15-7-5-6-8-16(15)19(24)26/h5-11H,3-4,12H2,1-2H3,(H,22,27)(H,23,28)/i9D,10D,11D. The number of fused-ring (bicyclic) bond motifs is 1. The van der Waals surface area contributed by atoms with Gasteiger partial charge in [-0.15, -0.1) is 0 Å². The third-order valence-electron chi connectivity index (χ3n) is 4.09. The number of ether oxygens (including phenoxy) is 2. The summed E-state index contributed by atoms with van der Waals surface area (Å²) >= 11 is 0. The molecule has 0 aliphatic carbocycles. The van der Waals surface area contributed by atoms with Gasteiger partial charge in [0.2, 0.25) is 0 Å². The highest BCUT2D eigenvalue weighted by atomic mass is 16.6. The number of rotatable bonds is 6. The minimum absolute atomic E-state index is 0.0247. The van der Waals surface area contributed by atoms with Crippen molar-refractivity contribution in [1.29, 1.82) is 0 Å². The fraction of sp³-hybridized carbons (Fsp3) is 0.238. The molecule has 0 bridgehead atoms. The van der Waals surface area contributed by atoms with Crippen LogP contribution in [0, 0.1) is 0 Å². The Kier molecular flexibility index (Phi) is 5.15. The summed E-state index contributed by atoms with van der Waals surface area (Å²) in [6, 6.07) is 4.62. The molecular weight excluding hydrogens is 390 g/mol. The van der Waals surface area contributed by atoms with Crippen LogP contribution >= 0.6 is 0 Å². The van der Waals surface area contributed by atoms with E-state index < -0.39 is 48.7 Å². The molecule has 156 valence electrons. The molecule has 4 amide bonds. The van der Waals surface area contributed by atoms with E-state index >= 15 is 0 Å². The van der Waals surface area contributed by atoms with Gasteiger partial charge in [0, 0.05) is 11.4 Å². The molecule has 3 rings (SSSR count). The van der Waals surface area contributed by atoms with Gasteiger partial charge in [0.25, 0.3) is 11.8 Å². The van der Waals surface area contributed by atoms with E-state index in [0.717, 1.165) is 4.90 Å². The molecule has 30 heavy (non-hydrogen) atoms. The van der Waals surface area contributed by atoms with E-state index in [1.54, 1.807) is 26.0 Å². The first-order chi connectivity index (χ1) is 15.7. The predicted molar refractivity (Wildman–Crippen MR) is 108 cm³/mol. The van der Waals surface area contributed by atoms with E-state index in [4.69, 9.17) is 13.6 Å². The van der Waals surface area contributed by atoms with Gasteiger partial charge in [0.1, 0.15) is 0 Å². The van der Waals surface area contributed by atoms with Crippen LogP contribution in [-0.2, 0) is 16.0 Å². The summed E-state index contributed by atoms with van der Waals surface area (Å²) in [6.07, 6.45) is -1.89. The maximum atomic E-state index is 12.8. The average molecular weight is 414 g/mol. The SMILES string of the molecule is [2H]c1c([2H])c(NC(=O)OCC)c(CN2C(=O)c3ccccc3C2=O)c([2H])c1NC(=O)OCC. The van der Waals surface area contributed by atoms with Crippen LogP contribution in [0.4, 0.5) is 21.0 Å². The molecule has 2 aromatic carbocycles. The molecule has 1 aliphatic heterocycles. The van der Waals surface area contributed by atoms with Gasteiger partial charge >= 0.3 is 12.2 Å². The highest BCUT2D eigenvalue weighted by Gasteiger charge is 2.35. The van der Waals surface area contributed by atoms with Gasteiger partial charge in [0.15, 0.2) is 0 Å². The number of anilines is 2. The van der Waals surface area contributed by atoms with Crippen molar-refractivity contribution in [2.45, 2.75) is 20.4 Å². The first-order valence-corrected chi connectivity index (χ1v) is 9.16. The Bertz CT molecular complexity index is 1120. The number of benzene rings is 2. The van der Waals surface area contributed by atoms with Crippen LogP contribution in [-0.4, -0.2) is 42.1 Å². The Morgan fingerprint density at radius 1 is 0.967 bits per heavy atom. The monoisotopic (exact) mass is 414 g/mol. The first-order valence-electron chi connectivity index (χ1n) is 10.7. The molecule has 0 spiro atoms. The summed E-state index contributed by atoms with van der Waals surface area (Å²) in [4.78, 5) is 50.5. The molecule has 2 N–H and O–H groups in total. The molecular formula is C21H21N3O6. The summed E-state index contributed by atoms with van der Waals surface area (Å²) in [6.45, 7) is 2.70. The zero-order chi connectivity index (χ0) is 24.3. The fourth-order valence-electron chi connectivity index (χ4n) is 2.81. The van der Waals surface area contributed by atoms with Crippen molar-refractivity contribution in [3.05, 3.63) is 59.1 Å². The lowest BCUT2D eigenvalue weighted by Crippen LogP contribution is -2.30. The summed E-state index contributed by atoms with van der Waals surface area (Å²) < 4.78 is 34.7. The normalized spacial score (nSPS) is 13.8. The number of nitrogens with zero attached hydrogens (tertiary/aromatic N) is 1. The van der Waals surface area contributed by atoms with Crippen LogP contribution in [0.3, 0.4) is 0 Å². The molecule has 0 aromatic heterocycles. The molecule has 0 radical (unpaired) electrons. The Hall–Kier alpha value is -3.88. The molecule has 0 unspecified atom stereocenters. The molecule has 0 fully saturated rings. The Morgan fingerprint density at radius 3 is 2.10 bits per heavy atom. The fourth-order valence-corrected chi connectivity index (χ4v) is 2.81. The second kappa shape index (κ2) is 9.08. The van der Waals surface area contributed by atoms with E-state index in [9.17, 15) is 19.2 Å². The lowest BCUT2D eigenvalue weighted by atomic mass is 10.1. The predicted octanol–water partition coefficient (Wildman–Crippen LogP) is 3.62. The Labute approximate surface area is 177 Å². The average Bonchev–Trinajstić information content (AvgIpc) is 3.02. The van der Waals surface area contributed by atoms with Gasteiger partial charge < -0.3 is 9.47 Å². The van der Waals surface area contributed by atoms with Gasteiger partial charge in [-0.1, -0.05) is 12.1 Å². The van der Waals surface area contributed by atoms with Crippen molar-refractivity contribution < 1.29 is 32.8 Å². The highest BCUT2D eigenvalue weighted by Crippen LogP contribution is 2.28. The van der Waals surface area contributed by atoms with E-state index in [0.29, 0.717) is 0 Å². The number of hydrogen-bond acceptors (Lipinski definition) is 6. The summed E-state index contributed by atoms with van der Waals surface area (Å²) in [5, 5.41) is 4.55. The first kappa shape index (κ1) is 17.0. The second-order valence-electron chi connectivity index (χ2n) is 6.04. The highest BCUT2D eigenvalue weighted by molar-refractivity contribution is 6.21. The zero-order valence-corrected chi connectivity index (χ0v) is 16.3. The van der Waals surface area contributed by atoms with Gasteiger partial charge in [0.05, 0.1) is 35.0 Å². The number of hydrogen-bond donors (Lipinski definition) is 2. The van der Waals surface area contributed by atoms with Crippen molar-refractivity contribution >= 4 is 35.4 Å². The minimum Gasteiger partial charge on any atom is -0.450 e. The number of nitrogens with one attached hydrogen (secondary N) is 2. The molecule has 2 aromatic rings. The molecule has 9 nitrogen and oxygen atoms in total. The molecule has 0 saturated heterocycles. The molecule has 1 heterocycles. The lowest BCUT2D eigenvalue weighted by Gasteiger charge is -2.18. The van der Waals surface area contributed by atoms with E-state index in [-0.39, 0.29) is 41.3 Å². The quantitative estimate of drug-likeness (QED) is 0.698. The smallest absolute Gasteiger partial charge is 0.411 e. The van der Waals surface area contributed by atoms with Gasteiger partial charge in [-0.3, -0.25) is 25.1 Å². The van der Waals surface area contributed by atoms with E-state index in [1.165, 1.54) is 12.1 Å². The second-order valence-corrected chi connectivity index (χ2v) is 6.04. The number of carbonyl (C=O) groups is 4. The van der Waals surface area contributed by atoms with Crippen LogP contribution < -0.4 is 10.6 Å². The van der Waals surface area contributed by atoms with Crippen LogP contribution in [0.2, 0.25) is 0 Å². The molecule has 0 atom stereocenters. The van der Waals surface area contributed by atoms with Gasteiger partial charge in [-0.05, 0) is 49.7 Å². The summed E-state index contributed by atoms with van der Waals surface area (Å²) in [7, 11) is 0. The molecule has 1 aliphatic rings. The van der Waals surface area contributed by atoms with Crippen molar-refractivity contribution in [3.8, 4) is 0 Å². The van der Waals surface area contributed by atoms with Crippen LogP contribution in [0.1, 0.15) is 44.2 Å². The van der Waals surface area contributed by atoms with Crippen molar-refractivity contribution in [2.75, 3.05) is 23.8 Å². The third-order valence-corrected chi connectivity index (χ3v) is 4.09. The summed E-state index contributed by atoms with van der Waals surface area (Å²) in [5.74, 6) is -1.23. The number of amides is 4. The zero-order valence-electron chi connectivity index (χ0n) is 19.3. The molecule has 9 heteroatoms. The van der Waals surface area contributed by atoms with Gasteiger partial charge in [-0.2, -0.15) is 0 Å². The lowest BCUT2D eigenvalue weighted by molar-refractivity contribution is 0.0642. The van der Waals surface area contributed by atoms with Crippen LogP contribution in [0.5, 0.6) is 0 Å². The van der Waals surface area contributed by atoms with E-state index in [1.807, 2.05) is 0 Å². The van der Waals surface area contributed by atoms with Crippen molar-refractivity contribution in [1.82, 2.24) is 4.90 Å². The maximum absolute atomic E-state index is 12.8. The molecule has 0 saturated carbocycles. The Morgan fingerprint density at radius 2 is 1.53 bits per heavy atom. The number of imide groups is 1. The largest absolute Gasteiger partial charge is 0.450 e. The minimum atomic E-state index is -0.948. The van der Waals surface area contributed by atoms with E-state index in [2.05, 4.69) is 10.6 Å². The maximum Gasteiger partial charge on any atom is 0.411 e. The van der Waals surface area contributed by atoms with Gasteiger partial charge in [-0.25, -0.2) is 9.59 Å². The number of carbonyl (C=O) groups excluding carboxylic acids is 4. The summed E-state index contributed by atoms with van der Waals surface area (Å²) in [5.41, 5.74) is -0.414. The van der Waals surface area contributed by atoms with Crippen molar-refractivity contribution in [3.63, 3.8) is 0 Å². The van der Waals surface area contributed by atoms with Crippen LogP contribution in [0.15, 0.2) is 42.4 Å². The van der Waals surface area contributed by atoms with Crippen molar-refractivity contribution in [2.24, 2.45) is 0 Å². The Balaban J connectivity index is 2.10. The van der Waals surface area contributed by atoms with Crippen LogP contribution in [0.25, 0.3) is 0 Å².